The van der Waals surface area contributed by atoms with E-state index in [1.54, 1.807) is 0 Å². The van der Waals surface area contributed by atoms with Crippen molar-refractivity contribution in [1.82, 2.24) is 10.2 Å². The first kappa shape index (κ1) is 15.1. The van der Waals surface area contributed by atoms with Crippen molar-refractivity contribution in [2.45, 2.75) is 31.4 Å². The molecule has 2 rings (SSSR count). The zero-order valence-electron chi connectivity index (χ0n) is 10.5. The maximum Gasteiger partial charge on any atom is 0.227 e. The molecule has 0 aliphatic carbocycles. The predicted octanol–water partition coefficient (Wildman–Crippen LogP) is 1.76. The van der Waals surface area contributed by atoms with Crippen molar-refractivity contribution in [3.63, 3.8) is 0 Å². The summed E-state index contributed by atoms with van der Waals surface area (Å²) in [4.78, 5) is 14.4. The summed E-state index contributed by atoms with van der Waals surface area (Å²) in [6, 6.07) is 0. The Morgan fingerprint density at radius 1 is 1.53 bits per heavy atom. The Kier molecular flexibility index (Phi) is 6.67. The molecule has 5 heteroatoms. The van der Waals surface area contributed by atoms with Gasteiger partial charge in [0, 0.05) is 30.6 Å². The Bertz CT molecular complexity index is 247. The van der Waals surface area contributed by atoms with E-state index in [-0.39, 0.29) is 18.3 Å². The van der Waals surface area contributed by atoms with Crippen LogP contribution in [0.15, 0.2) is 0 Å². The Morgan fingerprint density at radius 3 is 3.00 bits per heavy atom. The Hall–Kier alpha value is 0.0700. The fourth-order valence-electron chi connectivity index (χ4n) is 2.49. The Morgan fingerprint density at radius 2 is 2.35 bits per heavy atom. The molecule has 1 N–H and O–H groups in total. The quantitative estimate of drug-likeness (QED) is 0.835. The lowest BCUT2D eigenvalue weighted by molar-refractivity contribution is -0.136. The van der Waals surface area contributed by atoms with Gasteiger partial charge in [0.1, 0.15) is 0 Å². The fraction of sp³-hybridized carbons (Fsp3) is 0.917. The number of carbonyl (C=O) groups is 1. The van der Waals surface area contributed by atoms with Gasteiger partial charge in [0.15, 0.2) is 0 Å². The number of piperidine rings is 1. The SMILES string of the molecule is CCC1CN(C(=O)[C@@H]2CCCNC2)CCS1.Cl. The van der Waals surface area contributed by atoms with Crippen LogP contribution in [0.2, 0.25) is 0 Å². The maximum atomic E-state index is 12.3. The van der Waals surface area contributed by atoms with Crippen molar-refractivity contribution < 1.29 is 4.79 Å². The standard InChI is InChI=1S/C12H22N2OS.ClH/c1-2-11-9-14(6-7-16-11)12(15)10-4-3-5-13-8-10;/h10-11,13H,2-9H2,1H3;1H/t10-,11?;/m1./s1. The van der Waals surface area contributed by atoms with Gasteiger partial charge in [-0.1, -0.05) is 6.92 Å². The smallest absolute Gasteiger partial charge is 0.227 e. The fourth-order valence-corrected chi connectivity index (χ4v) is 3.67. The van der Waals surface area contributed by atoms with Crippen LogP contribution >= 0.6 is 24.2 Å². The largest absolute Gasteiger partial charge is 0.340 e. The van der Waals surface area contributed by atoms with Gasteiger partial charge in [0.2, 0.25) is 5.91 Å². The highest BCUT2D eigenvalue weighted by atomic mass is 35.5. The minimum atomic E-state index is 0. The third kappa shape index (κ3) is 4.04. The van der Waals surface area contributed by atoms with Gasteiger partial charge < -0.3 is 10.2 Å². The first-order chi connectivity index (χ1) is 7.81. The van der Waals surface area contributed by atoms with Crippen molar-refractivity contribution >= 4 is 30.1 Å². The molecule has 2 heterocycles. The summed E-state index contributed by atoms with van der Waals surface area (Å²) in [5.41, 5.74) is 0. The summed E-state index contributed by atoms with van der Waals surface area (Å²) in [5.74, 6) is 1.75. The number of rotatable bonds is 2. The summed E-state index contributed by atoms with van der Waals surface area (Å²) in [5, 5.41) is 3.99. The molecule has 0 bridgehead atoms. The molecule has 2 aliphatic rings. The minimum absolute atomic E-state index is 0. The van der Waals surface area contributed by atoms with Crippen molar-refractivity contribution in [1.29, 1.82) is 0 Å². The highest BCUT2D eigenvalue weighted by molar-refractivity contribution is 8.00. The molecule has 0 aromatic rings. The van der Waals surface area contributed by atoms with Crippen LogP contribution in [0.1, 0.15) is 26.2 Å². The van der Waals surface area contributed by atoms with Gasteiger partial charge in [-0.3, -0.25) is 4.79 Å². The molecule has 1 amide bonds. The van der Waals surface area contributed by atoms with Crippen LogP contribution in [0.25, 0.3) is 0 Å². The van der Waals surface area contributed by atoms with Gasteiger partial charge >= 0.3 is 0 Å². The number of thioether (sulfide) groups is 1. The second-order valence-corrected chi connectivity index (χ2v) is 6.14. The minimum Gasteiger partial charge on any atom is -0.340 e. The summed E-state index contributed by atoms with van der Waals surface area (Å²) < 4.78 is 0. The summed E-state index contributed by atoms with van der Waals surface area (Å²) >= 11 is 2.02. The van der Waals surface area contributed by atoms with Gasteiger partial charge in [-0.05, 0) is 25.8 Å². The zero-order chi connectivity index (χ0) is 11.4. The summed E-state index contributed by atoms with van der Waals surface area (Å²) in [6.07, 6.45) is 3.40. The topological polar surface area (TPSA) is 32.3 Å². The lowest BCUT2D eigenvalue weighted by Crippen LogP contribution is -2.48. The van der Waals surface area contributed by atoms with Crippen LogP contribution in [0.5, 0.6) is 0 Å². The van der Waals surface area contributed by atoms with Crippen molar-refractivity contribution in [2.75, 3.05) is 31.9 Å². The van der Waals surface area contributed by atoms with Crippen molar-refractivity contribution in [3.05, 3.63) is 0 Å². The van der Waals surface area contributed by atoms with Gasteiger partial charge in [-0.2, -0.15) is 11.8 Å². The first-order valence-electron chi connectivity index (χ1n) is 6.42. The number of halogens is 1. The normalized spacial score (nSPS) is 29.6. The molecule has 1 unspecified atom stereocenters. The monoisotopic (exact) mass is 278 g/mol. The highest BCUT2D eigenvalue weighted by Gasteiger charge is 2.29. The predicted molar refractivity (Wildman–Crippen MR) is 76.0 cm³/mol. The van der Waals surface area contributed by atoms with E-state index in [0.717, 1.165) is 44.8 Å². The molecule has 0 aromatic carbocycles. The van der Waals surface area contributed by atoms with E-state index in [1.165, 1.54) is 6.42 Å². The number of carbonyl (C=O) groups excluding carboxylic acids is 1. The summed E-state index contributed by atoms with van der Waals surface area (Å²) in [6.45, 7) is 6.11. The highest BCUT2D eigenvalue weighted by Crippen LogP contribution is 2.23. The van der Waals surface area contributed by atoms with Gasteiger partial charge in [-0.25, -0.2) is 0 Å². The van der Waals surface area contributed by atoms with E-state index in [0.29, 0.717) is 11.2 Å². The number of hydrogen-bond donors (Lipinski definition) is 1. The summed E-state index contributed by atoms with van der Waals surface area (Å²) in [7, 11) is 0. The maximum absolute atomic E-state index is 12.3. The number of amides is 1. The molecule has 2 fully saturated rings. The molecule has 0 aromatic heterocycles. The van der Waals surface area contributed by atoms with Gasteiger partial charge in [0.05, 0.1) is 5.92 Å². The van der Waals surface area contributed by atoms with Crippen LogP contribution in [-0.4, -0.2) is 48.0 Å². The Labute approximate surface area is 114 Å². The van der Waals surface area contributed by atoms with Crippen LogP contribution in [0.4, 0.5) is 0 Å². The van der Waals surface area contributed by atoms with E-state index in [1.807, 2.05) is 11.8 Å². The lowest BCUT2D eigenvalue weighted by atomic mass is 9.98. The van der Waals surface area contributed by atoms with E-state index in [4.69, 9.17) is 0 Å². The van der Waals surface area contributed by atoms with Crippen LogP contribution < -0.4 is 5.32 Å². The third-order valence-electron chi connectivity index (χ3n) is 3.55. The van der Waals surface area contributed by atoms with E-state index >= 15 is 0 Å². The molecular formula is C12H23ClN2OS. The molecule has 2 aliphatic heterocycles. The lowest BCUT2D eigenvalue weighted by Gasteiger charge is -2.35. The number of hydrogen-bond acceptors (Lipinski definition) is 3. The molecule has 0 saturated carbocycles. The first-order valence-corrected chi connectivity index (χ1v) is 7.47. The second-order valence-electron chi connectivity index (χ2n) is 4.73. The zero-order valence-corrected chi connectivity index (χ0v) is 12.1. The second kappa shape index (κ2) is 7.49. The average molecular weight is 279 g/mol. The molecule has 3 nitrogen and oxygen atoms in total. The molecular weight excluding hydrogens is 256 g/mol. The molecule has 2 saturated heterocycles. The molecule has 2 atom stereocenters. The van der Waals surface area contributed by atoms with Crippen molar-refractivity contribution in [3.8, 4) is 0 Å². The third-order valence-corrected chi connectivity index (χ3v) is 4.92. The number of nitrogens with one attached hydrogen (secondary N) is 1. The van der Waals surface area contributed by atoms with E-state index in [2.05, 4.69) is 17.1 Å². The van der Waals surface area contributed by atoms with Crippen LogP contribution in [-0.2, 0) is 4.79 Å². The molecule has 17 heavy (non-hydrogen) atoms. The van der Waals surface area contributed by atoms with Crippen LogP contribution in [0.3, 0.4) is 0 Å². The average Bonchev–Trinajstić information content (AvgIpc) is 2.39. The van der Waals surface area contributed by atoms with E-state index < -0.39 is 0 Å². The molecule has 0 radical (unpaired) electrons. The molecule has 0 spiro atoms. The number of nitrogens with zero attached hydrogens (tertiary/aromatic N) is 1. The van der Waals surface area contributed by atoms with Crippen molar-refractivity contribution in [2.24, 2.45) is 5.92 Å². The van der Waals surface area contributed by atoms with Crippen LogP contribution in [0, 0.1) is 5.92 Å². The van der Waals surface area contributed by atoms with Gasteiger partial charge in [-0.15, -0.1) is 12.4 Å². The molecule has 100 valence electrons. The van der Waals surface area contributed by atoms with E-state index in [9.17, 15) is 4.79 Å². The van der Waals surface area contributed by atoms with Gasteiger partial charge in [0.25, 0.3) is 0 Å². The Balaban J connectivity index is 0.00000144.